The zero-order valence-corrected chi connectivity index (χ0v) is 46.1. The van der Waals surface area contributed by atoms with Crippen LogP contribution in [0.5, 0.6) is 0 Å². The molecular weight excluding hydrogens is 1280 g/mol. The minimum Gasteiger partial charge on any atom is -0.412 e. The van der Waals surface area contributed by atoms with E-state index in [1.165, 1.54) is 17.1 Å². The van der Waals surface area contributed by atoms with Crippen molar-refractivity contribution in [2.75, 3.05) is 78.5 Å². The molecule has 0 fully saturated rings. The van der Waals surface area contributed by atoms with E-state index in [1.807, 2.05) is 0 Å². The maximum Gasteiger partial charge on any atom is 0.127 e. The first-order valence-electron chi connectivity index (χ1n) is 20.2. The van der Waals surface area contributed by atoms with E-state index >= 15 is 0 Å². The lowest BCUT2D eigenvalue weighted by molar-refractivity contribution is -2.00. The molecule has 24 N–H and O–H groups in total. The van der Waals surface area contributed by atoms with Crippen molar-refractivity contribution in [3.63, 3.8) is 0 Å². The Morgan fingerprint density at radius 1 is 0.312 bits per heavy atom. The van der Waals surface area contributed by atoms with Gasteiger partial charge in [-0.1, -0.05) is 0 Å². The van der Waals surface area contributed by atoms with E-state index in [0.29, 0.717) is 0 Å². The Labute approximate surface area is 465 Å². The van der Waals surface area contributed by atoms with E-state index in [1.54, 1.807) is 4.90 Å². The molecule has 53 heteroatoms. The lowest BCUT2D eigenvalue weighted by Crippen LogP contribution is -3.18. The van der Waals surface area contributed by atoms with Gasteiger partial charge in [0.05, 0.1) is 36.7 Å². The smallest absolute Gasteiger partial charge is 0.127 e. The van der Waals surface area contributed by atoms with Crippen LogP contribution >= 0.6 is 0 Å². The van der Waals surface area contributed by atoms with Gasteiger partial charge in [-0.3, -0.25) is 20.2 Å². The highest BCUT2D eigenvalue weighted by Gasteiger charge is 2.15. The summed E-state index contributed by atoms with van der Waals surface area (Å²) in [5.41, 5.74) is 7.14. The average molecular weight is 1340 g/mol. The molecule has 3 aromatic rings. The number of aromatic nitrogens is 6. The molecular formula is C27H63Cl7N14O32. The van der Waals surface area contributed by atoms with E-state index in [9.17, 15) is 0 Å². The Morgan fingerprint density at radius 2 is 0.487 bits per heavy atom. The van der Waals surface area contributed by atoms with Crippen LogP contribution in [-0.4, -0.2) is 136 Å². The third-order valence-electron chi connectivity index (χ3n) is 8.26. The van der Waals surface area contributed by atoms with Crippen molar-refractivity contribution in [3.8, 4) is 0 Å². The predicted molar refractivity (Wildman–Crippen MR) is 165 cm³/mol. The molecule has 0 spiro atoms. The topological polar surface area (TPSA) is 965 Å². The number of nitrogens with one attached hydrogen (secondary N) is 4. The fourth-order valence-corrected chi connectivity index (χ4v) is 5.83. The number of hydrogen-bond acceptors (Lipinski definition) is 32. The van der Waals surface area contributed by atoms with Crippen molar-refractivity contribution < 1.29 is 261 Å². The highest BCUT2D eigenvalue weighted by molar-refractivity contribution is 5.07. The SMILES string of the molecule is O.O.O.O.[O-][Cl+3]([O-])([O-])[O-].[O-][Cl+3]([O-])([O-])[O-].[O-][Cl+3]([O-])([O-])[O-].[O-][Cl+3]([O-])([O-])[O-].[O-][Cl+3]([O-])([O-])[O-].[O-][Cl+3]([O-])([O-])[O-].[O-][Cl+3]([O-])([O-])[O-].c1c2n[nH]c1C[NH2+]CCN1CC[NH2+]Cc3cc(n[nH]3)C[NH2+]CC[NH+](CC[NH2+]C2)CC[NH2+]Cc2cc([nH]n2)C[NH2+]CC1. The molecule has 0 amide bonds. The molecule has 0 aromatic carbocycles. The number of halogens is 7. The van der Waals surface area contributed by atoms with Gasteiger partial charge in [-0.2, -0.15) is 15.3 Å². The van der Waals surface area contributed by atoms with Crippen molar-refractivity contribution in [2.45, 2.75) is 39.3 Å². The zero-order chi connectivity index (χ0) is 59.5. The van der Waals surface area contributed by atoms with Crippen LogP contribution in [0.4, 0.5) is 0 Å². The Bertz CT molecular complexity index is 1470. The summed E-state index contributed by atoms with van der Waals surface area (Å²) in [6, 6.07) is 6.75. The molecule has 0 unspecified atom stereocenters. The molecule has 0 saturated heterocycles. The van der Waals surface area contributed by atoms with Gasteiger partial charge in [0.1, 0.15) is 95.6 Å². The highest BCUT2D eigenvalue weighted by atomic mass is 35.7. The van der Waals surface area contributed by atoms with Crippen molar-refractivity contribution in [1.82, 2.24) is 35.5 Å². The highest BCUT2D eigenvalue weighted by Crippen LogP contribution is 1.97. The van der Waals surface area contributed by atoms with E-state index in [2.05, 4.69) is 85.6 Å². The van der Waals surface area contributed by atoms with Crippen LogP contribution < -0.4 is 167 Å². The van der Waals surface area contributed by atoms with Gasteiger partial charge in [-0.15, -0.1) is 71.7 Å². The molecule has 0 saturated carbocycles. The molecule has 46 nitrogen and oxygen atoms in total. The minimum absolute atomic E-state index is 0. The standard InChI is InChI=1S/C27H48N14.7ClHO4.4H2O/c1-7-40-8-2-29-18-24-14-26(38-36-24)20-32-5-11-41(10-4-31-17-23-13-22(16-28-1)34-35-23)12-6-33-21-27-15-25(37-39-27)19-30-3-9-40;7*2-1(3,4)5;;;;/h13-15,28-33H,1-12,16-21H2,(H,34,35)(H,36,38)(H,37,39);7*(H,2,3,4,5);4*1H2. The second-order valence-corrected chi connectivity index (χ2v) is 19.6. The lowest BCUT2D eigenvalue weighted by Gasteiger charge is -2.19. The summed E-state index contributed by atoms with van der Waals surface area (Å²) in [6.07, 6.45) is 0. The van der Waals surface area contributed by atoms with E-state index < -0.39 is 71.7 Å². The van der Waals surface area contributed by atoms with Crippen LogP contribution in [0.15, 0.2) is 18.2 Å². The Kier molecular flexibility index (Phi) is 54.3. The molecule has 6 rings (SSSR count). The Hall–Kier alpha value is -1.94. The molecule has 3 aromatic heterocycles. The summed E-state index contributed by atoms with van der Waals surface area (Å²) in [7, 11) is -34.6. The van der Waals surface area contributed by atoms with Gasteiger partial charge >= 0.3 is 0 Å². The lowest BCUT2D eigenvalue weighted by atomic mass is 10.3. The number of fused-ring (bicyclic) bond motifs is 18. The second kappa shape index (κ2) is 47.3. The summed E-state index contributed by atoms with van der Waals surface area (Å²) in [6.45, 7) is 19.0. The molecule has 80 heavy (non-hydrogen) atoms. The summed E-state index contributed by atoms with van der Waals surface area (Å²) >= 11 is 0. The van der Waals surface area contributed by atoms with E-state index in [4.69, 9.17) is 130 Å². The molecule has 8 bridgehead atoms. The van der Waals surface area contributed by atoms with Gasteiger partial charge in [-0.25, -0.2) is 130 Å². The summed E-state index contributed by atoms with van der Waals surface area (Å²) < 4.78 is 238. The number of nitrogens with zero attached hydrogens (tertiary/aromatic N) is 4. The molecule has 3 aliphatic rings. The van der Waals surface area contributed by atoms with Crippen LogP contribution in [0.25, 0.3) is 0 Å². The van der Waals surface area contributed by atoms with Crippen LogP contribution in [0.1, 0.15) is 34.2 Å². The van der Waals surface area contributed by atoms with Gasteiger partial charge in [0, 0.05) is 19.6 Å². The number of aromatic amines is 3. The molecule has 482 valence electrons. The van der Waals surface area contributed by atoms with Crippen LogP contribution in [0.2, 0.25) is 0 Å². The first kappa shape index (κ1) is 91.8. The van der Waals surface area contributed by atoms with E-state index in [0.717, 1.165) is 135 Å². The van der Waals surface area contributed by atoms with Gasteiger partial charge < -0.3 is 58.7 Å². The Balaban J connectivity index is -0.000000223. The molecule has 6 heterocycles. The predicted octanol–water partition coefficient (Wildman–Crippen LogP) is -45.7. The quantitative estimate of drug-likeness (QED) is 0.0999. The largest absolute Gasteiger partial charge is 0.412 e. The molecule has 3 aliphatic heterocycles. The number of quaternary nitrogens is 7. The molecule has 0 aliphatic carbocycles. The molecule has 0 radical (unpaired) electrons. The van der Waals surface area contributed by atoms with Gasteiger partial charge in [0.25, 0.3) is 0 Å². The van der Waals surface area contributed by atoms with Crippen molar-refractivity contribution in [1.29, 1.82) is 0 Å². The van der Waals surface area contributed by atoms with Gasteiger partial charge in [0.15, 0.2) is 0 Å². The fourth-order valence-electron chi connectivity index (χ4n) is 5.83. The van der Waals surface area contributed by atoms with Crippen molar-refractivity contribution >= 4 is 0 Å². The first-order valence-corrected chi connectivity index (χ1v) is 28.8. The van der Waals surface area contributed by atoms with E-state index in [-0.39, 0.29) is 21.9 Å². The third-order valence-corrected chi connectivity index (χ3v) is 8.26. The number of hydrogen-bond donors (Lipinski definition) is 10. The summed E-state index contributed by atoms with van der Waals surface area (Å²) in [5.74, 6) is 0. The van der Waals surface area contributed by atoms with Crippen molar-refractivity contribution in [2.24, 2.45) is 0 Å². The Morgan fingerprint density at radius 3 is 0.675 bits per heavy atom. The maximum absolute atomic E-state index is 8.49. The van der Waals surface area contributed by atoms with Crippen LogP contribution in [-0.2, 0) is 39.3 Å². The normalized spacial score (nSPS) is 17.4. The number of rotatable bonds is 0. The monoisotopic (exact) mass is 1340 g/mol. The maximum atomic E-state index is 8.49. The van der Waals surface area contributed by atoms with Gasteiger partial charge in [0.2, 0.25) is 0 Å². The third kappa shape index (κ3) is 95.3. The van der Waals surface area contributed by atoms with Crippen LogP contribution in [0.3, 0.4) is 0 Å². The zero-order valence-electron chi connectivity index (χ0n) is 40.8. The number of H-pyrrole nitrogens is 3. The summed E-state index contributed by atoms with van der Waals surface area (Å²) in [4.78, 5) is 4.28. The second-order valence-electron chi connectivity index (χ2n) is 14.3. The summed E-state index contributed by atoms with van der Waals surface area (Å²) in [5, 5.41) is 38.0. The fraction of sp³-hybridized carbons (Fsp3) is 0.667. The molecule has 0 atom stereocenters. The van der Waals surface area contributed by atoms with Crippen molar-refractivity contribution in [3.05, 3.63) is 52.4 Å². The number of nitrogens with two attached hydrogens (primary N) is 6. The first-order chi connectivity index (χ1) is 34.3. The average Bonchev–Trinajstić information content (AvgIpc) is 3.95. The van der Waals surface area contributed by atoms with Crippen LogP contribution in [0, 0.1) is 71.7 Å². The van der Waals surface area contributed by atoms with Gasteiger partial charge in [-0.05, 0) is 18.2 Å². The minimum atomic E-state index is -4.94.